The number of nitrogens with zero attached hydrogens (tertiary/aromatic N) is 2. The predicted molar refractivity (Wildman–Crippen MR) is 115 cm³/mol. The molecule has 0 atom stereocenters. The molecule has 2 heterocycles. The summed E-state index contributed by atoms with van der Waals surface area (Å²) in [6.07, 6.45) is 5.21. The number of hydrogen-bond donors (Lipinski definition) is 2. The van der Waals surface area contributed by atoms with Crippen LogP contribution in [0.15, 0.2) is 29.3 Å². The predicted octanol–water partition coefficient (Wildman–Crippen LogP) is 2.79. The molecule has 0 aliphatic carbocycles. The summed E-state index contributed by atoms with van der Waals surface area (Å²) < 4.78 is 24.6. The van der Waals surface area contributed by atoms with Gasteiger partial charge in [-0.3, -0.25) is 4.99 Å². The molecule has 0 aromatic heterocycles. The van der Waals surface area contributed by atoms with Gasteiger partial charge < -0.3 is 25.0 Å². The zero-order valence-electron chi connectivity index (χ0n) is 17.5. The summed E-state index contributed by atoms with van der Waals surface area (Å²) in [5, 5.41) is 6.90. The van der Waals surface area contributed by atoms with Crippen molar-refractivity contribution in [3.8, 4) is 0 Å². The molecule has 29 heavy (non-hydrogen) atoms. The third kappa shape index (κ3) is 7.48. The Labute approximate surface area is 173 Å². The summed E-state index contributed by atoms with van der Waals surface area (Å²) in [6, 6.07) is 7.23. The Bertz CT molecular complexity index is 629. The molecule has 2 N–H and O–H groups in total. The van der Waals surface area contributed by atoms with Crippen molar-refractivity contribution in [2.24, 2.45) is 10.9 Å². The van der Waals surface area contributed by atoms with Crippen molar-refractivity contribution >= 4 is 11.6 Å². The number of nitrogens with one attached hydrogen (secondary N) is 2. The van der Waals surface area contributed by atoms with Crippen molar-refractivity contribution in [1.29, 1.82) is 0 Å². The Morgan fingerprint density at radius 1 is 1.24 bits per heavy atom. The van der Waals surface area contributed by atoms with Gasteiger partial charge in [0.15, 0.2) is 5.96 Å². The van der Waals surface area contributed by atoms with E-state index in [1.54, 1.807) is 19.2 Å². The highest BCUT2D eigenvalue weighted by Crippen LogP contribution is 2.20. The lowest BCUT2D eigenvalue weighted by atomic mass is 10.0. The number of aliphatic imine (C=N–C) groups is 1. The van der Waals surface area contributed by atoms with E-state index < -0.39 is 0 Å². The molecular weight excluding hydrogens is 371 g/mol. The summed E-state index contributed by atoms with van der Waals surface area (Å²) in [6.45, 7) is 6.04. The van der Waals surface area contributed by atoms with Crippen LogP contribution >= 0.6 is 0 Å². The van der Waals surface area contributed by atoms with Crippen LogP contribution in [0.1, 0.15) is 32.1 Å². The smallest absolute Gasteiger partial charge is 0.191 e. The van der Waals surface area contributed by atoms with E-state index in [0.29, 0.717) is 12.0 Å². The van der Waals surface area contributed by atoms with Crippen molar-refractivity contribution < 1.29 is 13.9 Å². The van der Waals surface area contributed by atoms with Gasteiger partial charge in [-0.15, -0.1) is 0 Å². The maximum Gasteiger partial charge on any atom is 0.191 e. The van der Waals surface area contributed by atoms with E-state index >= 15 is 0 Å². The number of anilines is 1. The third-order valence-corrected chi connectivity index (χ3v) is 5.69. The molecule has 0 radical (unpaired) electrons. The molecule has 7 heteroatoms. The van der Waals surface area contributed by atoms with Gasteiger partial charge in [0.2, 0.25) is 0 Å². The molecule has 0 spiro atoms. The van der Waals surface area contributed by atoms with E-state index in [1.165, 1.54) is 6.07 Å². The van der Waals surface area contributed by atoms with Crippen molar-refractivity contribution in [2.75, 3.05) is 58.0 Å². The second kappa shape index (κ2) is 12.0. The molecule has 2 fully saturated rings. The van der Waals surface area contributed by atoms with E-state index in [9.17, 15) is 4.39 Å². The monoisotopic (exact) mass is 406 g/mol. The van der Waals surface area contributed by atoms with Crippen LogP contribution < -0.4 is 15.5 Å². The maximum atomic E-state index is 13.4. The lowest BCUT2D eigenvalue weighted by Gasteiger charge is -2.34. The molecule has 0 bridgehead atoms. The Hall–Kier alpha value is -1.86. The summed E-state index contributed by atoms with van der Waals surface area (Å²) in [4.78, 5) is 6.58. The molecule has 6 nitrogen and oxygen atoms in total. The maximum absolute atomic E-state index is 13.4. The largest absolute Gasteiger partial charge is 0.381 e. The molecular formula is C22H35FN4O2. The van der Waals surface area contributed by atoms with Crippen LogP contribution in [0, 0.1) is 11.7 Å². The minimum atomic E-state index is -0.177. The lowest BCUT2D eigenvalue weighted by Crippen LogP contribution is -2.49. The molecule has 162 valence electrons. The summed E-state index contributed by atoms with van der Waals surface area (Å²) in [7, 11) is 1.80. The van der Waals surface area contributed by atoms with Gasteiger partial charge >= 0.3 is 0 Å². The van der Waals surface area contributed by atoms with Crippen molar-refractivity contribution in [1.82, 2.24) is 10.6 Å². The second-order valence-electron chi connectivity index (χ2n) is 7.87. The Morgan fingerprint density at radius 2 is 2.03 bits per heavy atom. The van der Waals surface area contributed by atoms with E-state index in [1.807, 2.05) is 6.07 Å². The van der Waals surface area contributed by atoms with Crippen LogP contribution in [0.3, 0.4) is 0 Å². The Balaban J connectivity index is 1.27. The first-order valence-electron chi connectivity index (χ1n) is 10.9. The Kier molecular flexibility index (Phi) is 9.02. The molecule has 3 rings (SSSR count). The first kappa shape index (κ1) is 21.8. The van der Waals surface area contributed by atoms with Gasteiger partial charge in [-0.25, -0.2) is 4.39 Å². The average Bonchev–Trinajstić information content (AvgIpc) is 2.76. The first-order chi connectivity index (χ1) is 14.2. The minimum Gasteiger partial charge on any atom is -0.381 e. The summed E-state index contributed by atoms with van der Waals surface area (Å²) in [5.74, 6) is 1.33. The number of hydrogen-bond acceptors (Lipinski definition) is 4. The summed E-state index contributed by atoms with van der Waals surface area (Å²) >= 11 is 0. The van der Waals surface area contributed by atoms with Crippen LogP contribution in [0.4, 0.5) is 10.1 Å². The Morgan fingerprint density at radius 3 is 2.76 bits per heavy atom. The van der Waals surface area contributed by atoms with Crippen molar-refractivity contribution in [3.63, 3.8) is 0 Å². The number of guanidine groups is 1. The molecule has 0 unspecified atom stereocenters. The molecule has 2 saturated heterocycles. The average molecular weight is 407 g/mol. The van der Waals surface area contributed by atoms with Gasteiger partial charge in [0.1, 0.15) is 5.82 Å². The number of benzene rings is 1. The van der Waals surface area contributed by atoms with Gasteiger partial charge in [0, 0.05) is 64.8 Å². The van der Waals surface area contributed by atoms with Gasteiger partial charge in [-0.1, -0.05) is 6.07 Å². The molecule has 0 saturated carbocycles. The molecule has 0 amide bonds. The summed E-state index contributed by atoms with van der Waals surface area (Å²) in [5.41, 5.74) is 0.965. The highest BCUT2D eigenvalue weighted by molar-refractivity contribution is 5.79. The molecule has 1 aromatic rings. The van der Waals surface area contributed by atoms with E-state index in [0.717, 1.165) is 89.8 Å². The fraction of sp³-hybridized carbons (Fsp3) is 0.682. The van der Waals surface area contributed by atoms with Crippen LogP contribution in [0.2, 0.25) is 0 Å². The van der Waals surface area contributed by atoms with E-state index in [-0.39, 0.29) is 5.82 Å². The van der Waals surface area contributed by atoms with Crippen LogP contribution in [0.5, 0.6) is 0 Å². The van der Waals surface area contributed by atoms with Crippen LogP contribution in [0.25, 0.3) is 0 Å². The fourth-order valence-corrected chi connectivity index (χ4v) is 3.89. The van der Waals surface area contributed by atoms with E-state index in [2.05, 4.69) is 20.5 Å². The van der Waals surface area contributed by atoms with Crippen LogP contribution in [-0.4, -0.2) is 65.1 Å². The topological polar surface area (TPSA) is 58.1 Å². The normalized spacial score (nSPS) is 19.4. The zero-order chi connectivity index (χ0) is 20.3. The van der Waals surface area contributed by atoms with Crippen molar-refractivity contribution in [3.05, 3.63) is 30.1 Å². The molecule has 2 aliphatic heterocycles. The second-order valence-corrected chi connectivity index (χ2v) is 7.87. The zero-order valence-corrected chi connectivity index (χ0v) is 17.5. The highest BCUT2D eigenvalue weighted by Gasteiger charge is 2.20. The molecule has 2 aliphatic rings. The number of piperidine rings is 1. The van der Waals surface area contributed by atoms with Gasteiger partial charge in [0.25, 0.3) is 0 Å². The number of ether oxygens (including phenoxy) is 2. The van der Waals surface area contributed by atoms with Gasteiger partial charge in [0.05, 0.1) is 0 Å². The number of rotatable bonds is 8. The highest BCUT2D eigenvalue weighted by atomic mass is 19.1. The van der Waals surface area contributed by atoms with Gasteiger partial charge in [-0.05, 0) is 56.2 Å². The van der Waals surface area contributed by atoms with Gasteiger partial charge in [-0.2, -0.15) is 0 Å². The van der Waals surface area contributed by atoms with E-state index in [4.69, 9.17) is 9.47 Å². The first-order valence-corrected chi connectivity index (χ1v) is 10.9. The fourth-order valence-electron chi connectivity index (χ4n) is 3.89. The lowest BCUT2D eigenvalue weighted by molar-refractivity contribution is 0.0203. The SMILES string of the molecule is CN=C(NCCCOCC1CCOCC1)NC1CCN(c2cccc(F)c2)CC1. The standard InChI is InChI=1S/C22H35FN4O2/c1-24-22(25-10-3-13-29-17-18-8-14-28-15-9-18)26-20-6-11-27(12-7-20)21-5-2-4-19(23)16-21/h2,4-5,16,18,20H,3,6-15,17H2,1H3,(H2,24,25,26). The quantitative estimate of drug-likeness (QED) is 0.395. The van der Waals surface area contributed by atoms with Crippen LogP contribution in [-0.2, 0) is 9.47 Å². The minimum absolute atomic E-state index is 0.177. The molecule has 1 aromatic carbocycles. The number of halogens is 1. The third-order valence-electron chi connectivity index (χ3n) is 5.69. The van der Waals surface area contributed by atoms with Crippen molar-refractivity contribution in [2.45, 2.75) is 38.1 Å².